The Balaban J connectivity index is 1.36. The number of allylic oxidation sites excluding steroid dienone is 2. The van der Waals surface area contributed by atoms with Crippen LogP contribution < -0.4 is 0 Å². The van der Waals surface area contributed by atoms with Crippen molar-refractivity contribution < 1.29 is 54.8 Å². The van der Waals surface area contributed by atoms with Crippen molar-refractivity contribution in [3.63, 3.8) is 0 Å². The molecule has 0 spiro atoms. The quantitative estimate of drug-likeness (QED) is 0.169. The molecular formula is C36H56O11. The van der Waals surface area contributed by atoms with Crippen LogP contribution >= 0.6 is 0 Å². The van der Waals surface area contributed by atoms with Gasteiger partial charge in [-0.15, -0.1) is 0 Å². The molecule has 0 amide bonds. The molecule has 1 heterocycles. The van der Waals surface area contributed by atoms with Crippen molar-refractivity contribution in [1.29, 1.82) is 0 Å². The van der Waals surface area contributed by atoms with Crippen LogP contribution in [0.3, 0.4) is 0 Å². The second kappa shape index (κ2) is 11.2. The van der Waals surface area contributed by atoms with Crippen molar-refractivity contribution in [2.75, 3.05) is 6.61 Å². The molecule has 0 bridgehead atoms. The number of carboxylic acids is 2. The lowest BCUT2D eigenvalue weighted by molar-refractivity contribution is -0.340. The van der Waals surface area contributed by atoms with E-state index in [4.69, 9.17) is 9.47 Å². The number of hydrogen-bond acceptors (Lipinski definition) is 9. The molecule has 0 radical (unpaired) electrons. The summed E-state index contributed by atoms with van der Waals surface area (Å²) in [6.45, 7) is 12.1. The van der Waals surface area contributed by atoms with Crippen molar-refractivity contribution in [2.45, 2.75) is 142 Å². The van der Waals surface area contributed by atoms with E-state index in [-0.39, 0.29) is 34.5 Å². The van der Waals surface area contributed by atoms with Gasteiger partial charge in [-0.1, -0.05) is 46.3 Å². The third-order valence-corrected chi connectivity index (χ3v) is 15.2. The van der Waals surface area contributed by atoms with Crippen molar-refractivity contribution in [2.24, 2.45) is 50.2 Å². The topological polar surface area (TPSA) is 194 Å². The minimum atomic E-state index is -1.73. The Kier molecular flexibility index (Phi) is 8.40. The molecule has 0 aromatic rings. The molecular weight excluding hydrogens is 608 g/mol. The minimum absolute atomic E-state index is 0.0120. The van der Waals surface area contributed by atoms with Gasteiger partial charge in [-0.2, -0.15) is 0 Å². The third kappa shape index (κ3) is 4.69. The van der Waals surface area contributed by atoms with Crippen LogP contribution in [0, 0.1) is 50.2 Å². The van der Waals surface area contributed by atoms with E-state index in [0.717, 1.165) is 25.7 Å². The lowest BCUT2D eigenvalue weighted by Gasteiger charge is -2.71. The van der Waals surface area contributed by atoms with Crippen LogP contribution in [0.1, 0.15) is 99.3 Å². The van der Waals surface area contributed by atoms with E-state index in [2.05, 4.69) is 40.7 Å². The summed E-state index contributed by atoms with van der Waals surface area (Å²) in [5, 5.41) is 74.4. The summed E-state index contributed by atoms with van der Waals surface area (Å²) in [5.41, 5.74) is -2.22. The fourth-order valence-corrected chi connectivity index (χ4v) is 12.2. The first kappa shape index (κ1) is 35.2. The van der Waals surface area contributed by atoms with Gasteiger partial charge < -0.3 is 45.2 Å². The second-order valence-electron chi connectivity index (χ2n) is 17.8. The van der Waals surface area contributed by atoms with Crippen molar-refractivity contribution >= 4 is 11.9 Å². The second-order valence-corrected chi connectivity index (χ2v) is 17.8. The number of aliphatic hydroxyl groups excluding tert-OH is 5. The highest BCUT2D eigenvalue weighted by atomic mass is 16.7. The maximum absolute atomic E-state index is 13.3. The van der Waals surface area contributed by atoms with Gasteiger partial charge in [0.15, 0.2) is 6.29 Å². The molecule has 47 heavy (non-hydrogen) atoms. The van der Waals surface area contributed by atoms with Crippen LogP contribution in [-0.2, 0) is 19.1 Å². The monoisotopic (exact) mass is 664 g/mol. The molecule has 6 rings (SSSR count). The average molecular weight is 665 g/mol. The number of hydrogen-bond donors (Lipinski definition) is 7. The van der Waals surface area contributed by atoms with Gasteiger partial charge in [-0.05, 0) is 104 Å². The SMILES string of the molecule is CC1(C)CC[C@]2(C(=O)O)CC[C@]3(C)C(=CCC4[C@@]5(C)C[C@H](O)[C@H](O[C@H]6O[C@H](CO)[C@@H](O)[C@H](O)[C@H]6O)[C@@](C)(C(=O)O)[C@@H]5CC[C@]43C)[C@@H]2C1. The Labute approximate surface area is 277 Å². The molecule has 1 aliphatic heterocycles. The highest BCUT2D eigenvalue weighted by Crippen LogP contribution is 2.76. The van der Waals surface area contributed by atoms with Crippen molar-refractivity contribution in [3.8, 4) is 0 Å². The summed E-state index contributed by atoms with van der Waals surface area (Å²) in [6.07, 6.45) is -2.13. The van der Waals surface area contributed by atoms with Crippen LogP contribution in [0.2, 0.25) is 0 Å². The number of carboxylic acid groups (broad SMARTS) is 2. The Morgan fingerprint density at radius 1 is 0.851 bits per heavy atom. The van der Waals surface area contributed by atoms with Gasteiger partial charge in [0.25, 0.3) is 0 Å². The van der Waals surface area contributed by atoms with Crippen LogP contribution in [0.5, 0.6) is 0 Å². The fourth-order valence-electron chi connectivity index (χ4n) is 12.2. The number of carbonyl (C=O) groups is 2. The predicted molar refractivity (Wildman–Crippen MR) is 169 cm³/mol. The van der Waals surface area contributed by atoms with Gasteiger partial charge in [0.05, 0.1) is 23.5 Å². The van der Waals surface area contributed by atoms with E-state index in [1.807, 2.05) is 0 Å². The average Bonchev–Trinajstić information content (AvgIpc) is 2.98. The predicted octanol–water partition coefficient (Wildman–Crippen LogP) is 3.09. The van der Waals surface area contributed by atoms with Gasteiger partial charge in [-0.3, -0.25) is 9.59 Å². The van der Waals surface area contributed by atoms with Gasteiger partial charge >= 0.3 is 11.9 Å². The molecule has 0 aromatic carbocycles. The number of rotatable bonds is 5. The standard InChI is InChI=1S/C36H56O11/c1-31(2)11-13-36(30(44)45)14-12-33(4)18(19(36)15-31)7-8-22-32(3)16-20(38)27(35(6,29(42)43)23(32)9-10-34(22,33)5)47-28-26(41)25(40)24(39)21(17-37)46-28/h7,19-28,37-41H,8-17H2,1-6H3,(H,42,43)(H,44,45)/t19-,20-,21+,22?,23+,24+,25-,26+,27-,28+,32+,33+,34+,35-,36-/m0/s1. The van der Waals surface area contributed by atoms with Gasteiger partial charge in [0.2, 0.25) is 0 Å². The molecule has 1 saturated heterocycles. The Bertz CT molecular complexity index is 1310. The van der Waals surface area contributed by atoms with Gasteiger partial charge in [0, 0.05) is 0 Å². The van der Waals surface area contributed by atoms with E-state index in [0.29, 0.717) is 25.7 Å². The zero-order valence-corrected chi connectivity index (χ0v) is 28.7. The van der Waals surface area contributed by atoms with E-state index >= 15 is 0 Å². The normalized spacial score (nSPS) is 53.8. The first-order chi connectivity index (χ1) is 21.7. The molecule has 266 valence electrons. The highest BCUT2D eigenvalue weighted by Gasteiger charge is 2.72. The molecule has 7 N–H and O–H groups in total. The molecule has 0 aromatic heterocycles. The first-order valence-electron chi connectivity index (χ1n) is 17.5. The summed E-state index contributed by atoms with van der Waals surface area (Å²) >= 11 is 0. The molecule has 11 heteroatoms. The van der Waals surface area contributed by atoms with E-state index < -0.39 is 83.6 Å². The van der Waals surface area contributed by atoms with E-state index in [1.54, 1.807) is 6.92 Å². The zero-order chi connectivity index (χ0) is 34.7. The summed E-state index contributed by atoms with van der Waals surface area (Å²) in [5.74, 6) is -2.29. The van der Waals surface area contributed by atoms with E-state index in [9.17, 15) is 45.3 Å². The molecule has 4 saturated carbocycles. The molecule has 11 nitrogen and oxygen atoms in total. The maximum Gasteiger partial charge on any atom is 0.312 e. The largest absolute Gasteiger partial charge is 0.481 e. The number of fused-ring (bicyclic) bond motifs is 7. The van der Waals surface area contributed by atoms with Crippen LogP contribution in [0.4, 0.5) is 0 Å². The summed E-state index contributed by atoms with van der Waals surface area (Å²) < 4.78 is 11.7. The van der Waals surface area contributed by atoms with Crippen molar-refractivity contribution in [3.05, 3.63) is 11.6 Å². The van der Waals surface area contributed by atoms with E-state index in [1.165, 1.54) is 5.57 Å². The van der Waals surface area contributed by atoms with Crippen LogP contribution in [-0.4, -0.2) is 97.2 Å². The van der Waals surface area contributed by atoms with Crippen LogP contribution in [0.15, 0.2) is 11.6 Å². The molecule has 6 aliphatic rings. The third-order valence-electron chi connectivity index (χ3n) is 15.2. The summed E-state index contributed by atoms with van der Waals surface area (Å²) in [4.78, 5) is 26.3. The molecule has 1 unspecified atom stereocenters. The Hall–Kier alpha value is -1.60. The number of aliphatic hydroxyl groups is 5. The Morgan fingerprint density at radius 3 is 2.13 bits per heavy atom. The van der Waals surface area contributed by atoms with Crippen molar-refractivity contribution in [1.82, 2.24) is 0 Å². The number of ether oxygens (including phenoxy) is 2. The smallest absolute Gasteiger partial charge is 0.312 e. The van der Waals surface area contributed by atoms with Gasteiger partial charge in [0.1, 0.15) is 30.5 Å². The molecule has 5 fully saturated rings. The molecule has 5 aliphatic carbocycles. The fraction of sp³-hybridized carbons (Fsp3) is 0.889. The minimum Gasteiger partial charge on any atom is -0.481 e. The number of aliphatic carboxylic acids is 2. The highest BCUT2D eigenvalue weighted by molar-refractivity contribution is 5.77. The lowest BCUT2D eigenvalue weighted by atomic mass is 9.33. The first-order valence-corrected chi connectivity index (χ1v) is 17.5. The summed E-state index contributed by atoms with van der Waals surface area (Å²) in [7, 11) is 0. The van der Waals surface area contributed by atoms with Gasteiger partial charge in [-0.25, -0.2) is 0 Å². The Morgan fingerprint density at radius 2 is 1.51 bits per heavy atom. The zero-order valence-electron chi connectivity index (χ0n) is 28.7. The van der Waals surface area contributed by atoms with Crippen LogP contribution in [0.25, 0.3) is 0 Å². The summed E-state index contributed by atoms with van der Waals surface area (Å²) in [6, 6.07) is 0. The maximum atomic E-state index is 13.3. The lowest BCUT2D eigenvalue weighted by Crippen LogP contribution is -2.70. The molecule has 15 atom stereocenters.